The van der Waals surface area contributed by atoms with E-state index in [1.54, 1.807) is 43.4 Å². The van der Waals surface area contributed by atoms with Crippen LogP contribution in [0.1, 0.15) is 47.0 Å². The summed E-state index contributed by atoms with van der Waals surface area (Å²) in [7, 11) is 0. The lowest BCUT2D eigenvalue weighted by Gasteiger charge is -2.30. The molecule has 180 valence electrons. The van der Waals surface area contributed by atoms with E-state index in [4.69, 9.17) is 4.42 Å². The van der Waals surface area contributed by atoms with Gasteiger partial charge < -0.3 is 27.3 Å². The van der Waals surface area contributed by atoms with Gasteiger partial charge in [0.15, 0.2) is 11.4 Å². The molecule has 3 aromatic rings. The van der Waals surface area contributed by atoms with Crippen LogP contribution in [0.25, 0.3) is 23.1 Å². The Morgan fingerprint density at radius 2 is 1.97 bits per heavy atom. The molecule has 3 aliphatic rings. The Bertz CT molecular complexity index is 1720. The molecule has 8 heteroatoms. The van der Waals surface area contributed by atoms with Crippen molar-refractivity contribution in [2.75, 3.05) is 6.54 Å². The second kappa shape index (κ2) is 8.04. The predicted octanol–water partition coefficient (Wildman–Crippen LogP) is 4.76. The molecule has 0 aliphatic carbocycles. The molecule has 0 amide bonds. The first-order valence-corrected chi connectivity index (χ1v) is 12.0. The Labute approximate surface area is 207 Å². The van der Waals surface area contributed by atoms with Gasteiger partial charge in [0, 0.05) is 60.0 Å². The van der Waals surface area contributed by atoms with Gasteiger partial charge in [-0.05, 0) is 67.9 Å². The molecule has 3 aliphatic heterocycles. The third kappa shape index (κ3) is 3.42. The predicted molar refractivity (Wildman–Crippen MR) is 139 cm³/mol. The summed E-state index contributed by atoms with van der Waals surface area (Å²) in [5.41, 5.74) is 5.52. The number of nitrogens with one attached hydrogen (secondary N) is 1. The number of nitrogens with zero attached hydrogens (tertiary/aromatic N) is 2. The van der Waals surface area contributed by atoms with Gasteiger partial charge >= 0.3 is 12.6 Å². The molecule has 5 heterocycles. The van der Waals surface area contributed by atoms with E-state index in [0.29, 0.717) is 40.5 Å². The van der Waals surface area contributed by atoms with Gasteiger partial charge in [-0.1, -0.05) is 11.8 Å². The van der Waals surface area contributed by atoms with Crippen molar-refractivity contribution < 1.29 is 17.5 Å². The van der Waals surface area contributed by atoms with Gasteiger partial charge in [0.2, 0.25) is 0 Å². The second-order valence-corrected chi connectivity index (χ2v) is 9.56. The normalized spacial score (nSPS) is 18.1. The van der Waals surface area contributed by atoms with Crippen molar-refractivity contribution >= 4 is 35.8 Å². The zero-order valence-electron chi connectivity index (χ0n) is 20.3. The van der Waals surface area contributed by atoms with Gasteiger partial charge in [-0.25, -0.2) is 4.79 Å². The summed E-state index contributed by atoms with van der Waals surface area (Å²) in [4.78, 5) is 12.8. The standard InChI is InChI=1S/C28H24BF2N3O2/c1-17-10-19(3)33-25(17)15-26-18(2)11-24(34(26)29(33,30)31)8-7-21-12-22-13-23-16-32-9-5-4-6-20(23)14-27(22)36-28(21)35/h7-8,10-15,32H,5,9,16H2,1-3H3/b8-7+. The molecule has 0 atom stereocenters. The molecular weight excluding hydrogens is 459 g/mol. The Morgan fingerprint density at radius 1 is 1.14 bits per heavy atom. The minimum Gasteiger partial charge on any atom is -0.422 e. The summed E-state index contributed by atoms with van der Waals surface area (Å²) in [5.74, 6) is 6.25. The monoisotopic (exact) mass is 483 g/mol. The summed E-state index contributed by atoms with van der Waals surface area (Å²) < 4.78 is 39.4. The second-order valence-electron chi connectivity index (χ2n) is 9.56. The molecule has 0 saturated heterocycles. The van der Waals surface area contributed by atoms with Crippen molar-refractivity contribution in [3.8, 4) is 11.8 Å². The summed E-state index contributed by atoms with van der Waals surface area (Å²) in [5, 5.41) is 4.11. The fourth-order valence-corrected chi connectivity index (χ4v) is 5.35. The van der Waals surface area contributed by atoms with E-state index >= 15 is 8.63 Å². The SMILES string of the molecule is CC1=CC(/C=C/c2cc3cc4c(cc3oc2=O)C#CCCNC4)=[N+]2C1=Cc1c(C)cc(C)n1[B-]2(F)F. The third-order valence-electron chi connectivity index (χ3n) is 7.05. The molecule has 0 saturated carbocycles. The molecule has 0 spiro atoms. The minimum atomic E-state index is -4.09. The van der Waals surface area contributed by atoms with Crippen molar-refractivity contribution in [2.45, 2.75) is 33.7 Å². The molecule has 0 unspecified atom stereocenters. The minimum absolute atomic E-state index is 0.296. The van der Waals surface area contributed by atoms with Gasteiger partial charge in [-0.2, -0.15) is 0 Å². The largest absolute Gasteiger partial charge is 0.737 e. The molecule has 2 aromatic heterocycles. The smallest absolute Gasteiger partial charge is 0.422 e. The highest BCUT2D eigenvalue weighted by Crippen LogP contribution is 2.36. The summed E-state index contributed by atoms with van der Waals surface area (Å²) in [6.45, 7) is 2.76. The number of benzene rings is 1. The fraction of sp³-hybridized carbons (Fsp3) is 0.214. The van der Waals surface area contributed by atoms with Crippen molar-refractivity contribution in [1.29, 1.82) is 0 Å². The maximum Gasteiger partial charge on any atom is 0.737 e. The highest BCUT2D eigenvalue weighted by molar-refractivity contribution is 6.58. The highest BCUT2D eigenvalue weighted by atomic mass is 19.2. The lowest BCUT2D eigenvalue weighted by atomic mass is 9.89. The van der Waals surface area contributed by atoms with Crippen molar-refractivity contribution in [2.24, 2.45) is 0 Å². The van der Waals surface area contributed by atoms with E-state index in [1.807, 2.05) is 26.0 Å². The molecular formula is C28H24BF2N3O2. The number of aromatic nitrogens is 1. The van der Waals surface area contributed by atoms with E-state index in [9.17, 15) is 4.79 Å². The van der Waals surface area contributed by atoms with Crippen LogP contribution >= 0.6 is 0 Å². The molecule has 6 rings (SSSR count). The number of allylic oxidation sites excluding steroid dienone is 3. The van der Waals surface area contributed by atoms with E-state index in [-0.39, 0.29) is 0 Å². The maximum atomic E-state index is 15.8. The Balaban J connectivity index is 1.44. The molecule has 1 aromatic carbocycles. The van der Waals surface area contributed by atoms with Gasteiger partial charge in [0.1, 0.15) is 5.58 Å². The molecule has 5 nitrogen and oxygen atoms in total. The summed E-state index contributed by atoms with van der Waals surface area (Å²) >= 11 is 0. The zero-order valence-corrected chi connectivity index (χ0v) is 20.3. The topological polar surface area (TPSA) is 50.2 Å². The lowest BCUT2D eigenvalue weighted by molar-refractivity contribution is -0.361. The molecule has 0 fully saturated rings. The average Bonchev–Trinajstić information content (AvgIpc) is 3.29. The summed E-state index contributed by atoms with van der Waals surface area (Å²) in [6, 6.07) is 7.28. The van der Waals surface area contributed by atoms with Crippen molar-refractivity contribution in [1.82, 2.24) is 9.79 Å². The van der Waals surface area contributed by atoms with Crippen LogP contribution in [0.5, 0.6) is 0 Å². The van der Waals surface area contributed by atoms with E-state index in [2.05, 4.69) is 17.2 Å². The van der Waals surface area contributed by atoms with Crippen LogP contribution in [0.2, 0.25) is 0 Å². The first kappa shape index (κ1) is 22.5. The van der Waals surface area contributed by atoms with Crippen LogP contribution in [-0.4, -0.2) is 28.2 Å². The van der Waals surface area contributed by atoms with Crippen LogP contribution in [0.4, 0.5) is 8.63 Å². The van der Waals surface area contributed by atoms with E-state index < -0.39 is 12.6 Å². The number of hydrogen-bond donors (Lipinski definition) is 1. The van der Waals surface area contributed by atoms with E-state index in [1.165, 1.54) is 0 Å². The van der Waals surface area contributed by atoms with E-state index in [0.717, 1.165) is 49.6 Å². The first-order valence-electron chi connectivity index (χ1n) is 12.0. The summed E-state index contributed by atoms with van der Waals surface area (Å²) in [6.07, 6.45) is 7.42. The fourth-order valence-electron chi connectivity index (χ4n) is 5.35. The number of rotatable bonds is 2. The Kier molecular flexibility index (Phi) is 5.03. The van der Waals surface area contributed by atoms with Crippen molar-refractivity contribution in [3.63, 3.8) is 0 Å². The van der Waals surface area contributed by atoms with Crippen LogP contribution < -0.4 is 10.9 Å². The van der Waals surface area contributed by atoms with Crippen LogP contribution in [0.15, 0.2) is 56.9 Å². The van der Waals surface area contributed by atoms with Gasteiger partial charge in [0.25, 0.3) is 0 Å². The molecule has 0 bridgehead atoms. The number of fused-ring (bicyclic) bond motifs is 4. The van der Waals surface area contributed by atoms with Gasteiger partial charge in [0.05, 0.1) is 5.56 Å². The zero-order chi connectivity index (χ0) is 25.2. The molecule has 36 heavy (non-hydrogen) atoms. The number of hydrogen-bond acceptors (Lipinski definition) is 3. The van der Waals surface area contributed by atoms with Gasteiger partial charge in [-0.3, -0.25) is 0 Å². The molecule has 0 radical (unpaired) electrons. The quantitative estimate of drug-likeness (QED) is 0.325. The lowest BCUT2D eigenvalue weighted by Crippen LogP contribution is -2.50. The average molecular weight is 483 g/mol. The number of aryl methyl sites for hydroxylation is 2. The Morgan fingerprint density at radius 3 is 2.81 bits per heavy atom. The van der Waals surface area contributed by atoms with Crippen molar-refractivity contribution in [3.05, 3.63) is 91.7 Å². The number of halogens is 2. The first-order chi connectivity index (χ1) is 17.2. The highest BCUT2D eigenvalue weighted by Gasteiger charge is 2.53. The van der Waals surface area contributed by atoms with Gasteiger partial charge in [-0.15, -0.1) is 0 Å². The maximum absolute atomic E-state index is 15.8. The third-order valence-corrected chi connectivity index (χ3v) is 7.05. The Hall–Kier alpha value is -3.96. The van der Waals surface area contributed by atoms with Crippen LogP contribution in [0.3, 0.4) is 0 Å². The molecule has 1 N–H and O–H groups in total. The van der Waals surface area contributed by atoms with Crippen LogP contribution in [0, 0.1) is 25.7 Å². The van der Waals surface area contributed by atoms with Crippen LogP contribution in [-0.2, 0) is 6.54 Å².